The molecule has 0 aliphatic carbocycles. The van der Waals surface area contributed by atoms with E-state index in [9.17, 15) is 8.42 Å². The number of H-pyrrole nitrogens is 1. The molecule has 0 spiro atoms. The molecule has 0 bridgehead atoms. The van der Waals surface area contributed by atoms with Crippen LogP contribution in [-0.2, 0) is 9.84 Å². The predicted molar refractivity (Wildman–Crippen MR) is 81.7 cm³/mol. The summed E-state index contributed by atoms with van der Waals surface area (Å²) in [6.45, 7) is 0. The first-order valence-corrected chi connectivity index (χ1v) is 9.09. The van der Waals surface area contributed by atoms with Crippen molar-refractivity contribution in [2.45, 2.75) is 18.9 Å². The molecule has 0 saturated carbocycles. The Balaban J connectivity index is 2.16. The molecule has 0 amide bonds. The summed E-state index contributed by atoms with van der Waals surface area (Å²) in [7, 11) is -2.95. The van der Waals surface area contributed by atoms with Gasteiger partial charge in [-0.25, -0.2) is 8.42 Å². The maximum atomic E-state index is 11.8. The average Bonchev–Trinajstić information content (AvgIpc) is 2.63. The van der Waals surface area contributed by atoms with Gasteiger partial charge >= 0.3 is 0 Å². The molecule has 0 radical (unpaired) electrons. The fourth-order valence-corrected chi connectivity index (χ4v) is 5.04. The quantitative estimate of drug-likeness (QED) is 0.794. The van der Waals surface area contributed by atoms with Gasteiger partial charge in [0.2, 0.25) is 0 Å². The highest BCUT2D eigenvalue weighted by atomic mass is 79.9. The van der Waals surface area contributed by atoms with Crippen LogP contribution in [0.2, 0.25) is 0 Å². The Kier molecular flexibility index (Phi) is 3.31. The molecular formula is C12H13BrN2O2S2. The van der Waals surface area contributed by atoms with Gasteiger partial charge < -0.3 is 9.55 Å². The van der Waals surface area contributed by atoms with Gasteiger partial charge in [-0.3, -0.25) is 0 Å². The molecule has 1 atom stereocenters. The van der Waals surface area contributed by atoms with E-state index in [1.165, 1.54) is 0 Å². The maximum Gasteiger partial charge on any atom is 0.178 e. The minimum atomic E-state index is -2.95. The number of aromatic amines is 1. The number of hydrogen-bond acceptors (Lipinski definition) is 3. The molecule has 1 unspecified atom stereocenters. The zero-order chi connectivity index (χ0) is 13.6. The van der Waals surface area contributed by atoms with Crippen molar-refractivity contribution in [3.05, 3.63) is 27.4 Å². The number of rotatable bonds is 1. The van der Waals surface area contributed by atoms with Crippen molar-refractivity contribution >= 4 is 49.0 Å². The molecule has 1 aromatic carbocycles. The lowest BCUT2D eigenvalue weighted by Crippen LogP contribution is -2.27. The first-order chi connectivity index (χ1) is 8.96. The van der Waals surface area contributed by atoms with Gasteiger partial charge in [-0.2, -0.15) is 0 Å². The fourth-order valence-electron chi connectivity index (χ4n) is 2.66. The van der Waals surface area contributed by atoms with Crippen molar-refractivity contribution in [1.82, 2.24) is 9.55 Å². The lowest BCUT2D eigenvalue weighted by atomic mass is 10.2. The monoisotopic (exact) mass is 360 g/mol. The summed E-state index contributed by atoms with van der Waals surface area (Å²) in [5, 5.41) is 0. The van der Waals surface area contributed by atoms with Crippen LogP contribution in [0, 0.1) is 4.77 Å². The van der Waals surface area contributed by atoms with Crippen molar-refractivity contribution in [3.63, 3.8) is 0 Å². The second-order valence-electron chi connectivity index (χ2n) is 4.87. The van der Waals surface area contributed by atoms with Crippen LogP contribution in [0.3, 0.4) is 0 Å². The Labute approximate surface area is 124 Å². The van der Waals surface area contributed by atoms with E-state index in [1.54, 1.807) is 0 Å². The maximum absolute atomic E-state index is 11.8. The zero-order valence-corrected chi connectivity index (χ0v) is 13.3. The summed E-state index contributed by atoms with van der Waals surface area (Å²) >= 11 is 8.79. The molecule has 1 fully saturated rings. The van der Waals surface area contributed by atoms with Gasteiger partial charge in [-0.15, -0.1) is 0 Å². The molecule has 1 saturated heterocycles. The molecule has 2 heterocycles. The van der Waals surface area contributed by atoms with Gasteiger partial charge in [0.15, 0.2) is 14.6 Å². The van der Waals surface area contributed by atoms with Crippen LogP contribution in [0.25, 0.3) is 11.0 Å². The Bertz CT molecular complexity index is 792. The average molecular weight is 361 g/mol. The highest BCUT2D eigenvalue weighted by Gasteiger charge is 2.27. The lowest BCUT2D eigenvalue weighted by Gasteiger charge is -2.23. The Morgan fingerprint density at radius 1 is 1.42 bits per heavy atom. The second kappa shape index (κ2) is 4.71. The minimum Gasteiger partial charge on any atom is -0.331 e. The Morgan fingerprint density at radius 3 is 2.95 bits per heavy atom. The van der Waals surface area contributed by atoms with Crippen LogP contribution >= 0.6 is 28.1 Å². The molecule has 7 heteroatoms. The topological polar surface area (TPSA) is 54.9 Å². The smallest absolute Gasteiger partial charge is 0.178 e. The van der Waals surface area contributed by atoms with E-state index in [0.29, 0.717) is 16.9 Å². The number of imidazole rings is 1. The largest absolute Gasteiger partial charge is 0.331 e. The third kappa shape index (κ3) is 2.51. The van der Waals surface area contributed by atoms with Gasteiger partial charge in [-0.05, 0) is 43.3 Å². The third-order valence-electron chi connectivity index (χ3n) is 3.48. The Morgan fingerprint density at radius 2 is 2.21 bits per heavy atom. The first-order valence-electron chi connectivity index (χ1n) is 6.06. The standard InChI is InChI=1S/C12H13BrN2O2S2/c13-8-3-4-10-11(6-8)15(12(18)14-10)9-2-1-5-19(16,17)7-9/h3-4,6,9H,1-2,5,7H2,(H,14,18). The predicted octanol–water partition coefficient (Wildman–Crippen LogP) is 3.21. The zero-order valence-electron chi connectivity index (χ0n) is 10.1. The van der Waals surface area contributed by atoms with E-state index in [1.807, 2.05) is 22.8 Å². The molecule has 3 rings (SSSR count). The molecule has 102 valence electrons. The van der Waals surface area contributed by atoms with Gasteiger partial charge in [0, 0.05) is 4.47 Å². The normalized spacial score (nSPS) is 22.7. The summed E-state index contributed by atoms with van der Waals surface area (Å²) in [5.41, 5.74) is 1.90. The highest BCUT2D eigenvalue weighted by Crippen LogP contribution is 2.29. The molecule has 1 aliphatic rings. The summed E-state index contributed by atoms with van der Waals surface area (Å²) in [6.07, 6.45) is 1.56. The molecule has 1 aromatic heterocycles. The molecule has 1 aliphatic heterocycles. The van der Waals surface area contributed by atoms with Crippen LogP contribution in [0.15, 0.2) is 22.7 Å². The molecule has 1 N–H and O–H groups in total. The number of fused-ring (bicyclic) bond motifs is 1. The van der Waals surface area contributed by atoms with Gasteiger partial charge in [0.25, 0.3) is 0 Å². The molecule has 19 heavy (non-hydrogen) atoms. The number of nitrogens with zero attached hydrogens (tertiary/aromatic N) is 1. The van der Waals surface area contributed by atoms with Gasteiger partial charge in [-0.1, -0.05) is 15.9 Å². The number of aromatic nitrogens is 2. The summed E-state index contributed by atoms with van der Waals surface area (Å²) in [4.78, 5) is 3.14. The van der Waals surface area contributed by atoms with E-state index < -0.39 is 9.84 Å². The lowest BCUT2D eigenvalue weighted by molar-refractivity contribution is 0.475. The Hall–Kier alpha value is -0.660. The van der Waals surface area contributed by atoms with Gasteiger partial charge in [0.05, 0.1) is 28.6 Å². The number of hydrogen-bond donors (Lipinski definition) is 1. The van der Waals surface area contributed by atoms with Crippen molar-refractivity contribution in [2.75, 3.05) is 11.5 Å². The van der Waals surface area contributed by atoms with E-state index in [2.05, 4.69) is 20.9 Å². The number of halogens is 1. The van der Waals surface area contributed by atoms with Crippen LogP contribution in [0.1, 0.15) is 18.9 Å². The summed E-state index contributed by atoms with van der Waals surface area (Å²) in [5.74, 6) is 0.476. The van der Waals surface area contributed by atoms with E-state index in [0.717, 1.165) is 21.9 Å². The number of nitrogens with one attached hydrogen (secondary N) is 1. The van der Waals surface area contributed by atoms with Crippen LogP contribution in [0.4, 0.5) is 0 Å². The number of benzene rings is 1. The number of sulfone groups is 1. The first kappa shape index (κ1) is 13.3. The SMILES string of the molecule is O=S1(=O)CCCC(n2c(=S)[nH]c3ccc(Br)cc32)C1. The fraction of sp³-hybridized carbons (Fsp3) is 0.417. The minimum absolute atomic E-state index is 0.0608. The van der Waals surface area contributed by atoms with E-state index >= 15 is 0 Å². The third-order valence-corrected chi connectivity index (χ3v) is 6.08. The molecule has 2 aromatic rings. The second-order valence-corrected chi connectivity index (χ2v) is 8.40. The van der Waals surface area contributed by atoms with Crippen LogP contribution in [0.5, 0.6) is 0 Å². The van der Waals surface area contributed by atoms with Crippen molar-refractivity contribution < 1.29 is 8.42 Å². The van der Waals surface area contributed by atoms with Crippen molar-refractivity contribution in [1.29, 1.82) is 0 Å². The van der Waals surface area contributed by atoms with E-state index in [4.69, 9.17) is 12.2 Å². The van der Waals surface area contributed by atoms with Crippen LogP contribution in [-0.4, -0.2) is 29.5 Å². The molecule has 4 nitrogen and oxygen atoms in total. The van der Waals surface area contributed by atoms with Crippen molar-refractivity contribution in [3.8, 4) is 0 Å². The van der Waals surface area contributed by atoms with Gasteiger partial charge in [0.1, 0.15) is 0 Å². The summed E-state index contributed by atoms with van der Waals surface area (Å²) < 4.78 is 27.1. The van der Waals surface area contributed by atoms with E-state index in [-0.39, 0.29) is 11.8 Å². The molecular weight excluding hydrogens is 348 g/mol. The summed E-state index contributed by atoms with van der Waals surface area (Å²) in [6, 6.07) is 5.80. The van der Waals surface area contributed by atoms with Crippen molar-refractivity contribution in [2.24, 2.45) is 0 Å². The van der Waals surface area contributed by atoms with Crippen LogP contribution < -0.4 is 0 Å². The highest BCUT2D eigenvalue weighted by molar-refractivity contribution is 9.10.